The predicted octanol–water partition coefficient (Wildman–Crippen LogP) is 0.226. The number of carboxylic acid groups (broad SMARTS) is 1. The van der Waals surface area contributed by atoms with Crippen molar-refractivity contribution in [1.82, 2.24) is 10.6 Å². The fourth-order valence-corrected chi connectivity index (χ4v) is 2.17. The van der Waals surface area contributed by atoms with Gasteiger partial charge < -0.3 is 20.5 Å². The summed E-state index contributed by atoms with van der Waals surface area (Å²) in [7, 11) is 0. The lowest BCUT2D eigenvalue weighted by Crippen LogP contribution is -2.53. The molecule has 3 atom stereocenters. The quantitative estimate of drug-likeness (QED) is 0.666. The lowest BCUT2D eigenvalue weighted by atomic mass is 9.86. The van der Waals surface area contributed by atoms with Crippen LogP contribution in [0.1, 0.15) is 27.7 Å². The maximum Gasteiger partial charge on any atom is 0.326 e. The molecule has 1 aliphatic rings. The highest BCUT2D eigenvalue weighted by molar-refractivity contribution is 5.86. The number of hydrogen-bond donors (Lipinski definition) is 3. The Morgan fingerprint density at radius 1 is 1.37 bits per heavy atom. The topological polar surface area (TPSA) is 87.7 Å². The number of nitrogens with one attached hydrogen (secondary N) is 2. The van der Waals surface area contributed by atoms with Gasteiger partial charge in [-0.25, -0.2) is 4.79 Å². The zero-order chi connectivity index (χ0) is 14.6. The van der Waals surface area contributed by atoms with Gasteiger partial charge in [0.15, 0.2) is 0 Å². The summed E-state index contributed by atoms with van der Waals surface area (Å²) in [5, 5.41) is 15.0. The first-order valence-corrected chi connectivity index (χ1v) is 6.61. The van der Waals surface area contributed by atoms with Crippen molar-refractivity contribution >= 4 is 11.9 Å². The molecule has 1 fully saturated rings. The predicted molar refractivity (Wildman–Crippen MR) is 70.8 cm³/mol. The number of amides is 1. The Bertz CT molecular complexity index is 338. The molecule has 6 heteroatoms. The van der Waals surface area contributed by atoms with Crippen molar-refractivity contribution in [3.8, 4) is 0 Å². The fourth-order valence-electron chi connectivity index (χ4n) is 2.17. The van der Waals surface area contributed by atoms with E-state index in [1.165, 1.54) is 0 Å². The van der Waals surface area contributed by atoms with Crippen LogP contribution >= 0.6 is 0 Å². The number of aliphatic carboxylic acids is 1. The highest BCUT2D eigenvalue weighted by Crippen LogP contribution is 2.21. The fraction of sp³-hybridized carbons (Fsp3) is 0.846. The molecular formula is C13H24N2O4. The summed E-state index contributed by atoms with van der Waals surface area (Å²) in [4.78, 5) is 23.4. The van der Waals surface area contributed by atoms with Crippen molar-refractivity contribution in [2.45, 2.75) is 39.8 Å². The highest BCUT2D eigenvalue weighted by atomic mass is 16.5. The molecule has 0 spiro atoms. The minimum Gasteiger partial charge on any atom is -0.480 e. The van der Waals surface area contributed by atoms with Crippen LogP contribution in [0.3, 0.4) is 0 Å². The summed E-state index contributed by atoms with van der Waals surface area (Å²) < 4.78 is 5.30. The van der Waals surface area contributed by atoms with Gasteiger partial charge in [0.2, 0.25) is 5.91 Å². The van der Waals surface area contributed by atoms with Crippen molar-refractivity contribution in [2.24, 2.45) is 11.3 Å². The van der Waals surface area contributed by atoms with Gasteiger partial charge in [0, 0.05) is 6.04 Å². The van der Waals surface area contributed by atoms with Crippen LogP contribution in [0.5, 0.6) is 0 Å². The number of rotatable bonds is 5. The number of ether oxygens (including phenoxy) is 1. The molecule has 0 bridgehead atoms. The van der Waals surface area contributed by atoms with Crippen LogP contribution in [0, 0.1) is 11.3 Å². The van der Waals surface area contributed by atoms with E-state index in [1.807, 2.05) is 6.92 Å². The first-order valence-electron chi connectivity index (χ1n) is 6.61. The summed E-state index contributed by atoms with van der Waals surface area (Å²) in [6.45, 7) is 8.90. The van der Waals surface area contributed by atoms with E-state index in [1.54, 1.807) is 20.8 Å². The SMILES string of the molecule is CCNC1COCC1C(=O)NC(C(=O)O)C(C)(C)C. The molecule has 1 rings (SSSR count). The Labute approximate surface area is 113 Å². The Hall–Kier alpha value is -1.14. The molecule has 0 saturated carbocycles. The van der Waals surface area contributed by atoms with Gasteiger partial charge in [0.25, 0.3) is 0 Å². The summed E-state index contributed by atoms with van der Waals surface area (Å²) in [6.07, 6.45) is 0. The second-order valence-electron chi connectivity index (χ2n) is 5.95. The number of carbonyl (C=O) groups is 2. The lowest BCUT2D eigenvalue weighted by Gasteiger charge is -2.29. The lowest BCUT2D eigenvalue weighted by molar-refractivity contribution is -0.145. The number of likely N-dealkylation sites (N-methyl/N-ethyl adjacent to an activating group) is 1. The molecule has 0 aromatic carbocycles. The molecule has 0 aliphatic carbocycles. The monoisotopic (exact) mass is 272 g/mol. The van der Waals surface area contributed by atoms with Crippen LogP contribution < -0.4 is 10.6 Å². The average molecular weight is 272 g/mol. The maximum absolute atomic E-state index is 12.2. The van der Waals surface area contributed by atoms with Crippen LogP contribution in [0.15, 0.2) is 0 Å². The second kappa shape index (κ2) is 6.34. The van der Waals surface area contributed by atoms with E-state index in [0.29, 0.717) is 13.2 Å². The van der Waals surface area contributed by atoms with Gasteiger partial charge in [-0.05, 0) is 12.0 Å². The van der Waals surface area contributed by atoms with Crippen LogP contribution in [-0.2, 0) is 14.3 Å². The molecular weight excluding hydrogens is 248 g/mol. The Balaban J connectivity index is 2.69. The van der Waals surface area contributed by atoms with Crippen LogP contribution in [0.25, 0.3) is 0 Å². The molecule has 0 aromatic rings. The Kier molecular flexibility index (Phi) is 5.31. The smallest absolute Gasteiger partial charge is 0.326 e. The largest absolute Gasteiger partial charge is 0.480 e. The zero-order valence-corrected chi connectivity index (χ0v) is 12.0. The third kappa shape index (κ3) is 4.18. The zero-order valence-electron chi connectivity index (χ0n) is 12.0. The van der Waals surface area contributed by atoms with Gasteiger partial charge in [0.1, 0.15) is 6.04 Å². The molecule has 1 amide bonds. The van der Waals surface area contributed by atoms with Crippen molar-refractivity contribution in [3.63, 3.8) is 0 Å². The van der Waals surface area contributed by atoms with Crippen molar-refractivity contribution in [2.75, 3.05) is 19.8 Å². The highest BCUT2D eigenvalue weighted by Gasteiger charge is 2.38. The minimum atomic E-state index is -1.01. The van der Waals surface area contributed by atoms with Gasteiger partial charge in [-0.1, -0.05) is 27.7 Å². The Morgan fingerprint density at radius 2 is 2.00 bits per heavy atom. The van der Waals surface area contributed by atoms with Crippen molar-refractivity contribution < 1.29 is 19.4 Å². The van der Waals surface area contributed by atoms with E-state index < -0.39 is 17.4 Å². The molecule has 1 aliphatic heterocycles. The number of carboxylic acids is 1. The number of hydrogen-bond acceptors (Lipinski definition) is 4. The van der Waals surface area contributed by atoms with Crippen molar-refractivity contribution in [1.29, 1.82) is 0 Å². The molecule has 3 N–H and O–H groups in total. The van der Waals surface area contributed by atoms with Crippen LogP contribution in [0.2, 0.25) is 0 Å². The van der Waals surface area contributed by atoms with Gasteiger partial charge in [-0.15, -0.1) is 0 Å². The first kappa shape index (κ1) is 15.9. The van der Waals surface area contributed by atoms with Gasteiger partial charge >= 0.3 is 5.97 Å². The summed E-state index contributed by atoms with van der Waals surface area (Å²) >= 11 is 0. The Morgan fingerprint density at radius 3 is 2.47 bits per heavy atom. The van der Waals surface area contributed by atoms with E-state index in [2.05, 4.69) is 10.6 Å². The van der Waals surface area contributed by atoms with E-state index in [0.717, 1.165) is 6.54 Å². The van der Waals surface area contributed by atoms with Gasteiger partial charge in [-0.3, -0.25) is 4.79 Å². The second-order valence-corrected chi connectivity index (χ2v) is 5.95. The minimum absolute atomic E-state index is 0.0422. The van der Waals surface area contributed by atoms with Gasteiger partial charge in [-0.2, -0.15) is 0 Å². The molecule has 1 heterocycles. The third-order valence-electron chi connectivity index (χ3n) is 3.28. The van der Waals surface area contributed by atoms with E-state index in [4.69, 9.17) is 4.74 Å². The molecule has 3 unspecified atom stereocenters. The number of carbonyl (C=O) groups excluding carboxylic acids is 1. The third-order valence-corrected chi connectivity index (χ3v) is 3.28. The molecule has 0 aromatic heterocycles. The van der Waals surface area contributed by atoms with Crippen LogP contribution in [-0.4, -0.2) is 48.8 Å². The van der Waals surface area contributed by atoms with Crippen molar-refractivity contribution in [3.05, 3.63) is 0 Å². The normalized spacial score (nSPS) is 25.1. The standard InChI is InChI=1S/C13H24N2O4/c1-5-14-9-7-19-6-8(9)11(16)15-10(12(17)18)13(2,3)4/h8-10,14H,5-7H2,1-4H3,(H,15,16)(H,17,18). The molecule has 0 radical (unpaired) electrons. The van der Waals surface area contributed by atoms with Gasteiger partial charge in [0.05, 0.1) is 19.1 Å². The van der Waals surface area contributed by atoms with E-state index >= 15 is 0 Å². The molecule has 110 valence electrons. The first-order chi connectivity index (χ1) is 8.77. The molecule has 6 nitrogen and oxygen atoms in total. The van der Waals surface area contributed by atoms with E-state index in [9.17, 15) is 14.7 Å². The summed E-state index contributed by atoms with van der Waals surface area (Å²) in [6, 6.07) is -0.942. The summed E-state index contributed by atoms with van der Waals surface area (Å²) in [5.74, 6) is -1.60. The molecule has 19 heavy (non-hydrogen) atoms. The molecule has 1 saturated heterocycles. The maximum atomic E-state index is 12.2. The summed E-state index contributed by atoms with van der Waals surface area (Å²) in [5.41, 5.74) is -0.533. The van der Waals surface area contributed by atoms with Crippen LogP contribution in [0.4, 0.5) is 0 Å². The van der Waals surface area contributed by atoms with E-state index in [-0.39, 0.29) is 17.9 Å². The average Bonchev–Trinajstić information content (AvgIpc) is 2.72.